The first kappa shape index (κ1) is 15.7. The van der Waals surface area contributed by atoms with Gasteiger partial charge in [0.15, 0.2) is 11.6 Å². The Bertz CT molecular complexity index is 814. The zero-order chi connectivity index (χ0) is 17.1. The van der Waals surface area contributed by atoms with Crippen molar-refractivity contribution in [3.63, 3.8) is 0 Å². The topological polar surface area (TPSA) is 88.4 Å². The number of rotatable bonds is 3. The van der Waals surface area contributed by atoms with E-state index in [1.165, 1.54) is 32.1 Å². The number of pyridine rings is 1. The van der Waals surface area contributed by atoms with Crippen LogP contribution in [0.2, 0.25) is 0 Å². The fourth-order valence-corrected chi connectivity index (χ4v) is 3.24. The van der Waals surface area contributed by atoms with Gasteiger partial charge in [-0.1, -0.05) is 19.3 Å². The normalized spacial score (nSPS) is 15.8. The maximum absolute atomic E-state index is 4.56. The first-order valence-corrected chi connectivity index (χ1v) is 8.80. The van der Waals surface area contributed by atoms with E-state index in [0.717, 1.165) is 24.6 Å². The molecule has 25 heavy (non-hydrogen) atoms. The van der Waals surface area contributed by atoms with E-state index in [-0.39, 0.29) is 0 Å². The molecule has 1 saturated heterocycles. The molecule has 0 amide bonds. The van der Waals surface area contributed by atoms with Gasteiger partial charge in [-0.05, 0) is 25.0 Å². The third-order valence-electron chi connectivity index (χ3n) is 4.61. The molecule has 0 aromatic carbocycles. The standard InChI is InChI=1S/C17H22N8/c1-24-16(15-19-14(20-21-15)13-8-7-9-18-12-13)22-23-17(24)25-10-5-3-2-4-6-11-25/h7-9,12H,2-6,10-11H2,1H3,(H,19,20,21). The maximum Gasteiger partial charge on any atom is 0.227 e. The van der Waals surface area contributed by atoms with Gasteiger partial charge in [-0.2, -0.15) is 5.10 Å². The van der Waals surface area contributed by atoms with Crippen molar-refractivity contribution >= 4 is 5.95 Å². The van der Waals surface area contributed by atoms with E-state index < -0.39 is 0 Å². The van der Waals surface area contributed by atoms with Crippen LogP contribution < -0.4 is 4.90 Å². The van der Waals surface area contributed by atoms with Gasteiger partial charge in [0.2, 0.25) is 11.8 Å². The van der Waals surface area contributed by atoms with E-state index in [1.807, 2.05) is 23.7 Å². The van der Waals surface area contributed by atoms with Gasteiger partial charge >= 0.3 is 0 Å². The minimum Gasteiger partial charge on any atom is -0.341 e. The van der Waals surface area contributed by atoms with Crippen LogP contribution in [-0.2, 0) is 7.05 Å². The lowest BCUT2D eigenvalue weighted by Gasteiger charge is -2.25. The van der Waals surface area contributed by atoms with Gasteiger partial charge in [0.25, 0.3) is 0 Å². The molecule has 8 nitrogen and oxygen atoms in total. The minimum absolute atomic E-state index is 0.610. The Kier molecular flexibility index (Phi) is 4.41. The van der Waals surface area contributed by atoms with E-state index in [1.54, 1.807) is 12.4 Å². The molecule has 1 N–H and O–H groups in total. The highest BCUT2D eigenvalue weighted by Crippen LogP contribution is 2.22. The second-order valence-electron chi connectivity index (χ2n) is 6.39. The molecule has 0 atom stereocenters. The summed E-state index contributed by atoms with van der Waals surface area (Å²) in [6.45, 7) is 2.06. The number of H-pyrrole nitrogens is 1. The first-order valence-electron chi connectivity index (χ1n) is 8.80. The minimum atomic E-state index is 0.610. The molecular weight excluding hydrogens is 316 g/mol. The molecule has 0 bridgehead atoms. The highest BCUT2D eigenvalue weighted by Gasteiger charge is 2.20. The molecule has 1 aliphatic rings. The van der Waals surface area contributed by atoms with E-state index in [0.29, 0.717) is 17.5 Å². The van der Waals surface area contributed by atoms with Gasteiger partial charge in [0.05, 0.1) is 0 Å². The summed E-state index contributed by atoms with van der Waals surface area (Å²) >= 11 is 0. The van der Waals surface area contributed by atoms with Gasteiger partial charge in [-0.25, -0.2) is 4.98 Å². The first-order chi connectivity index (χ1) is 12.3. The molecular formula is C17H22N8. The SMILES string of the molecule is Cn1c(-c2nc(-c3cccnc3)n[nH]2)nnc1N1CCCCCCC1. The molecule has 1 fully saturated rings. The van der Waals surface area contributed by atoms with Crippen LogP contribution in [0.25, 0.3) is 23.0 Å². The summed E-state index contributed by atoms with van der Waals surface area (Å²) in [6.07, 6.45) is 9.80. The average Bonchev–Trinajstić information content (AvgIpc) is 3.23. The van der Waals surface area contributed by atoms with E-state index in [2.05, 4.69) is 35.3 Å². The second-order valence-corrected chi connectivity index (χ2v) is 6.39. The summed E-state index contributed by atoms with van der Waals surface area (Å²) < 4.78 is 2.00. The lowest BCUT2D eigenvalue weighted by Crippen LogP contribution is -2.29. The molecule has 3 aromatic heterocycles. The molecule has 4 heterocycles. The van der Waals surface area contributed by atoms with Crippen molar-refractivity contribution in [2.24, 2.45) is 7.05 Å². The molecule has 4 rings (SSSR count). The Balaban J connectivity index is 1.60. The fourth-order valence-electron chi connectivity index (χ4n) is 3.24. The molecule has 0 unspecified atom stereocenters. The van der Waals surface area contributed by atoms with Crippen LogP contribution in [0.1, 0.15) is 32.1 Å². The predicted octanol–water partition coefficient (Wildman–Crippen LogP) is 2.43. The van der Waals surface area contributed by atoms with Crippen LogP contribution in [0.15, 0.2) is 24.5 Å². The maximum atomic E-state index is 4.56. The number of aromatic amines is 1. The Morgan fingerprint density at radius 3 is 2.60 bits per heavy atom. The summed E-state index contributed by atoms with van der Waals surface area (Å²) in [4.78, 5) is 11.0. The van der Waals surface area contributed by atoms with Crippen LogP contribution in [0.3, 0.4) is 0 Å². The highest BCUT2D eigenvalue weighted by atomic mass is 15.4. The third-order valence-corrected chi connectivity index (χ3v) is 4.61. The number of nitrogens with zero attached hydrogens (tertiary/aromatic N) is 7. The number of hydrogen-bond donors (Lipinski definition) is 1. The van der Waals surface area contributed by atoms with Crippen LogP contribution >= 0.6 is 0 Å². The van der Waals surface area contributed by atoms with E-state index >= 15 is 0 Å². The van der Waals surface area contributed by atoms with Crippen molar-refractivity contribution in [3.05, 3.63) is 24.5 Å². The molecule has 8 heteroatoms. The predicted molar refractivity (Wildman–Crippen MR) is 94.9 cm³/mol. The van der Waals surface area contributed by atoms with Crippen LogP contribution in [0.4, 0.5) is 5.95 Å². The Hall–Kier alpha value is -2.77. The Labute approximate surface area is 146 Å². The van der Waals surface area contributed by atoms with E-state index in [9.17, 15) is 0 Å². The van der Waals surface area contributed by atoms with Gasteiger partial charge < -0.3 is 4.90 Å². The molecule has 3 aromatic rings. The second kappa shape index (κ2) is 7.00. The summed E-state index contributed by atoms with van der Waals surface area (Å²) in [5.41, 5.74) is 0.871. The lowest BCUT2D eigenvalue weighted by atomic mass is 10.1. The molecule has 0 aliphatic carbocycles. The van der Waals surface area contributed by atoms with Gasteiger partial charge in [-0.15, -0.1) is 10.2 Å². The summed E-state index contributed by atoms with van der Waals surface area (Å²) in [7, 11) is 1.98. The zero-order valence-corrected chi connectivity index (χ0v) is 14.4. The van der Waals surface area contributed by atoms with Crippen LogP contribution in [0.5, 0.6) is 0 Å². The molecule has 1 aliphatic heterocycles. The van der Waals surface area contributed by atoms with Crippen molar-refractivity contribution in [3.8, 4) is 23.0 Å². The largest absolute Gasteiger partial charge is 0.341 e. The number of anilines is 1. The molecule has 0 saturated carbocycles. The summed E-state index contributed by atoms with van der Waals surface area (Å²) in [5.74, 6) is 2.82. The summed E-state index contributed by atoms with van der Waals surface area (Å²) in [6, 6.07) is 3.80. The lowest BCUT2D eigenvalue weighted by molar-refractivity contribution is 0.546. The van der Waals surface area contributed by atoms with Crippen molar-refractivity contribution in [2.75, 3.05) is 18.0 Å². The third kappa shape index (κ3) is 3.24. The van der Waals surface area contributed by atoms with Gasteiger partial charge in [0, 0.05) is 38.1 Å². The quantitative estimate of drug-likeness (QED) is 0.789. The van der Waals surface area contributed by atoms with Crippen molar-refractivity contribution in [1.82, 2.24) is 34.9 Å². The summed E-state index contributed by atoms with van der Waals surface area (Å²) in [5, 5.41) is 16.0. The van der Waals surface area contributed by atoms with Gasteiger partial charge in [-0.3, -0.25) is 14.6 Å². The number of aromatic nitrogens is 7. The van der Waals surface area contributed by atoms with Crippen molar-refractivity contribution in [1.29, 1.82) is 0 Å². The number of hydrogen-bond acceptors (Lipinski definition) is 6. The van der Waals surface area contributed by atoms with Crippen molar-refractivity contribution in [2.45, 2.75) is 32.1 Å². The smallest absolute Gasteiger partial charge is 0.227 e. The van der Waals surface area contributed by atoms with Crippen LogP contribution in [-0.4, -0.2) is 48.0 Å². The fraction of sp³-hybridized carbons (Fsp3) is 0.471. The van der Waals surface area contributed by atoms with E-state index in [4.69, 9.17) is 0 Å². The van der Waals surface area contributed by atoms with Gasteiger partial charge in [0.1, 0.15) is 0 Å². The number of nitrogens with one attached hydrogen (secondary N) is 1. The average molecular weight is 338 g/mol. The zero-order valence-electron chi connectivity index (χ0n) is 14.4. The Morgan fingerprint density at radius 2 is 1.84 bits per heavy atom. The monoisotopic (exact) mass is 338 g/mol. The van der Waals surface area contributed by atoms with Crippen LogP contribution in [0, 0.1) is 0 Å². The molecule has 130 valence electrons. The highest BCUT2D eigenvalue weighted by molar-refractivity contribution is 5.57. The Morgan fingerprint density at radius 1 is 1.04 bits per heavy atom. The molecule has 0 spiro atoms. The van der Waals surface area contributed by atoms with Crippen molar-refractivity contribution < 1.29 is 0 Å². The molecule has 0 radical (unpaired) electrons.